The number of ether oxygens (including phenoxy) is 4. The van der Waals surface area contributed by atoms with Crippen molar-refractivity contribution >= 4 is 0 Å². The summed E-state index contributed by atoms with van der Waals surface area (Å²) >= 11 is 0. The Morgan fingerprint density at radius 2 is 1.34 bits per heavy atom. The number of benzene rings is 3. The maximum atomic E-state index is 12.2. The zero-order valence-corrected chi connectivity index (χ0v) is 16.7. The highest BCUT2D eigenvalue weighted by Crippen LogP contribution is 2.50. The van der Waals surface area contributed by atoms with Gasteiger partial charge < -0.3 is 24.1 Å². The van der Waals surface area contributed by atoms with Crippen LogP contribution < -0.4 is 18.9 Å². The Labute approximate surface area is 170 Å². The quantitative estimate of drug-likeness (QED) is 0.708. The lowest BCUT2D eigenvalue weighted by molar-refractivity contribution is 0.0105. The van der Waals surface area contributed by atoms with Crippen molar-refractivity contribution in [3.05, 3.63) is 83.4 Å². The molecule has 0 amide bonds. The summed E-state index contributed by atoms with van der Waals surface area (Å²) in [6.07, 6.45) is 0. The minimum absolute atomic E-state index is 0.303. The van der Waals surface area contributed by atoms with Gasteiger partial charge in [0.1, 0.15) is 28.6 Å². The maximum Gasteiger partial charge on any atom is 0.129 e. The van der Waals surface area contributed by atoms with Crippen molar-refractivity contribution in [1.29, 1.82) is 0 Å². The first-order chi connectivity index (χ1) is 14.1. The Hall–Kier alpha value is -3.18. The molecule has 1 aliphatic heterocycles. The molecule has 4 rings (SSSR count). The highest BCUT2D eigenvalue weighted by Gasteiger charge is 2.46. The maximum absolute atomic E-state index is 12.2. The summed E-state index contributed by atoms with van der Waals surface area (Å²) in [5.74, 6) is 2.50. The van der Waals surface area contributed by atoms with E-state index in [1.807, 2.05) is 66.7 Å². The number of hydrogen-bond acceptors (Lipinski definition) is 5. The second-order valence-electron chi connectivity index (χ2n) is 6.99. The van der Waals surface area contributed by atoms with Crippen molar-refractivity contribution in [2.24, 2.45) is 0 Å². The number of fused-ring (bicyclic) bond motifs is 1. The lowest BCUT2D eigenvalue weighted by atomic mass is 9.71. The van der Waals surface area contributed by atoms with Gasteiger partial charge in [-0.15, -0.1) is 0 Å². The Bertz CT molecular complexity index is 981. The molecule has 1 N–H and O–H groups in total. The number of methoxy groups -OCH3 is 3. The van der Waals surface area contributed by atoms with Gasteiger partial charge in [0.25, 0.3) is 0 Å². The lowest BCUT2D eigenvalue weighted by Gasteiger charge is -2.42. The topological polar surface area (TPSA) is 57.2 Å². The molecule has 2 unspecified atom stereocenters. The molecule has 0 spiro atoms. The Morgan fingerprint density at radius 1 is 0.793 bits per heavy atom. The predicted molar refractivity (Wildman–Crippen MR) is 110 cm³/mol. The van der Waals surface area contributed by atoms with E-state index in [9.17, 15) is 5.11 Å². The molecular weight excluding hydrogens is 368 g/mol. The van der Waals surface area contributed by atoms with Crippen molar-refractivity contribution in [2.75, 3.05) is 27.9 Å². The summed E-state index contributed by atoms with van der Waals surface area (Å²) in [4.78, 5) is 0. The van der Waals surface area contributed by atoms with Crippen LogP contribution in [0.3, 0.4) is 0 Å². The van der Waals surface area contributed by atoms with Gasteiger partial charge in [-0.1, -0.05) is 24.3 Å². The molecule has 3 aromatic carbocycles. The third-order valence-electron chi connectivity index (χ3n) is 5.56. The molecule has 2 atom stereocenters. The van der Waals surface area contributed by atoms with Crippen molar-refractivity contribution in [1.82, 2.24) is 0 Å². The summed E-state index contributed by atoms with van der Waals surface area (Å²) < 4.78 is 22.0. The van der Waals surface area contributed by atoms with Crippen molar-refractivity contribution in [3.8, 4) is 23.0 Å². The van der Waals surface area contributed by atoms with E-state index in [0.29, 0.717) is 23.7 Å². The third-order valence-corrected chi connectivity index (χ3v) is 5.56. The van der Waals surface area contributed by atoms with Crippen molar-refractivity contribution in [3.63, 3.8) is 0 Å². The molecular formula is C24H24O5. The van der Waals surface area contributed by atoms with Crippen LogP contribution in [0, 0.1) is 0 Å². The zero-order valence-electron chi connectivity index (χ0n) is 16.7. The van der Waals surface area contributed by atoms with E-state index in [4.69, 9.17) is 18.9 Å². The minimum atomic E-state index is -1.28. The molecule has 5 nitrogen and oxygen atoms in total. The average molecular weight is 392 g/mol. The summed E-state index contributed by atoms with van der Waals surface area (Å²) in [6, 6.07) is 20.8. The first kappa shape index (κ1) is 19.2. The molecule has 1 aliphatic rings. The number of aliphatic hydroxyl groups is 1. The third kappa shape index (κ3) is 3.28. The normalized spacial score (nSPS) is 20.3. The van der Waals surface area contributed by atoms with Gasteiger partial charge in [-0.05, 0) is 47.5 Å². The molecule has 5 heteroatoms. The van der Waals surface area contributed by atoms with Crippen LogP contribution in [0.5, 0.6) is 23.0 Å². The zero-order chi connectivity index (χ0) is 20.4. The SMILES string of the molecule is COc1ccc(C2COc3cc(OC)ccc3C2(O)c2ccc(OC)cc2)cc1. The Morgan fingerprint density at radius 3 is 1.93 bits per heavy atom. The van der Waals surface area contributed by atoms with E-state index in [2.05, 4.69) is 0 Å². The summed E-state index contributed by atoms with van der Waals surface area (Å²) in [6.45, 7) is 0.328. The van der Waals surface area contributed by atoms with Crippen molar-refractivity contribution in [2.45, 2.75) is 11.5 Å². The van der Waals surface area contributed by atoms with Crippen LogP contribution in [-0.4, -0.2) is 33.0 Å². The number of hydrogen-bond donors (Lipinski definition) is 1. The molecule has 0 aromatic heterocycles. The van der Waals surface area contributed by atoms with Gasteiger partial charge in [-0.2, -0.15) is 0 Å². The van der Waals surface area contributed by atoms with E-state index in [1.165, 1.54) is 0 Å². The van der Waals surface area contributed by atoms with Crippen LogP contribution >= 0.6 is 0 Å². The monoisotopic (exact) mass is 392 g/mol. The molecule has 1 heterocycles. The van der Waals surface area contributed by atoms with Crippen LogP contribution in [0.15, 0.2) is 66.7 Å². The average Bonchev–Trinajstić information content (AvgIpc) is 2.79. The van der Waals surface area contributed by atoms with E-state index in [1.54, 1.807) is 21.3 Å². The molecule has 150 valence electrons. The van der Waals surface area contributed by atoms with E-state index < -0.39 is 5.60 Å². The molecule has 0 bridgehead atoms. The molecule has 0 aliphatic carbocycles. The second kappa shape index (κ2) is 7.68. The summed E-state index contributed by atoms with van der Waals surface area (Å²) in [5.41, 5.74) is 1.16. The molecule has 0 saturated carbocycles. The van der Waals surface area contributed by atoms with Gasteiger partial charge in [0.2, 0.25) is 0 Å². The molecule has 3 aromatic rings. The summed E-state index contributed by atoms with van der Waals surface area (Å²) in [5, 5.41) is 12.2. The Balaban J connectivity index is 1.87. The highest BCUT2D eigenvalue weighted by atomic mass is 16.5. The fraction of sp³-hybridized carbons (Fsp3) is 0.250. The molecule has 0 fully saturated rings. The van der Waals surface area contributed by atoms with Gasteiger partial charge >= 0.3 is 0 Å². The van der Waals surface area contributed by atoms with Crippen LogP contribution in [-0.2, 0) is 5.60 Å². The van der Waals surface area contributed by atoms with Gasteiger partial charge in [0.15, 0.2) is 0 Å². The fourth-order valence-electron chi connectivity index (χ4n) is 3.92. The smallest absolute Gasteiger partial charge is 0.129 e. The molecule has 0 saturated heterocycles. The lowest BCUT2D eigenvalue weighted by Crippen LogP contribution is -2.41. The van der Waals surface area contributed by atoms with E-state index in [-0.39, 0.29) is 5.92 Å². The van der Waals surface area contributed by atoms with Gasteiger partial charge in [-0.3, -0.25) is 0 Å². The van der Waals surface area contributed by atoms with Gasteiger partial charge in [0, 0.05) is 11.6 Å². The highest BCUT2D eigenvalue weighted by molar-refractivity contribution is 5.53. The number of rotatable bonds is 5. The fourth-order valence-corrected chi connectivity index (χ4v) is 3.92. The van der Waals surface area contributed by atoms with E-state index >= 15 is 0 Å². The van der Waals surface area contributed by atoms with Gasteiger partial charge in [0.05, 0.1) is 33.9 Å². The Kier molecular flexibility index (Phi) is 5.07. The second-order valence-corrected chi connectivity index (χ2v) is 6.99. The van der Waals surface area contributed by atoms with Crippen molar-refractivity contribution < 1.29 is 24.1 Å². The van der Waals surface area contributed by atoms with Crippen LogP contribution in [0.2, 0.25) is 0 Å². The first-order valence-corrected chi connectivity index (χ1v) is 9.42. The summed E-state index contributed by atoms with van der Waals surface area (Å²) in [7, 11) is 4.87. The molecule has 29 heavy (non-hydrogen) atoms. The van der Waals surface area contributed by atoms with Crippen LogP contribution in [0.25, 0.3) is 0 Å². The minimum Gasteiger partial charge on any atom is -0.497 e. The molecule has 0 radical (unpaired) electrons. The first-order valence-electron chi connectivity index (χ1n) is 9.42. The van der Waals surface area contributed by atoms with Crippen LogP contribution in [0.4, 0.5) is 0 Å². The largest absolute Gasteiger partial charge is 0.497 e. The predicted octanol–water partition coefficient (Wildman–Crippen LogP) is 4.12. The van der Waals surface area contributed by atoms with E-state index in [0.717, 1.165) is 22.6 Å². The van der Waals surface area contributed by atoms with Crippen LogP contribution in [0.1, 0.15) is 22.6 Å². The standard InChI is InChI=1S/C24H24O5/c1-26-18-8-4-16(5-9-18)22-15-29-23-14-20(28-3)12-13-21(23)24(22,25)17-6-10-19(27-2)11-7-17/h4-14,22,25H,15H2,1-3H3. The van der Waals surface area contributed by atoms with Gasteiger partial charge in [-0.25, -0.2) is 0 Å².